The van der Waals surface area contributed by atoms with Crippen LogP contribution in [0.2, 0.25) is 0 Å². The lowest BCUT2D eigenvalue weighted by Crippen LogP contribution is -2.27. The van der Waals surface area contributed by atoms with Crippen LogP contribution in [0, 0.1) is 11.6 Å². The smallest absolute Gasteiger partial charge is 0.147 e. The minimum absolute atomic E-state index is 0.310. The number of hydrogen-bond acceptors (Lipinski definition) is 2. The van der Waals surface area contributed by atoms with Crippen molar-refractivity contribution in [2.45, 2.75) is 5.41 Å². The van der Waals surface area contributed by atoms with Gasteiger partial charge in [0.1, 0.15) is 11.6 Å². The Bertz CT molecular complexity index is 3130. The molecule has 0 amide bonds. The minimum Gasteiger partial charge on any atom is -0.307 e. The molecule has 288 valence electrons. The van der Waals surface area contributed by atoms with Crippen LogP contribution in [0.1, 0.15) is 22.3 Å². The molecule has 0 bridgehead atoms. The molecular formula is C57H36F2N2. The zero-order valence-corrected chi connectivity index (χ0v) is 32.9. The maximum absolute atomic E-state index is 16.3. The van der Waals surface area contributed by atoms with Gasteiger partial charge in [0, 0.05) is 22.1 Å². The number of halogens is 2. The van der Waals surface area contributed by atoms with Crippen molar-refractivity contribution in [2.24, 2.45) is 0 Å². The van der Waals surface area contributed by atoms with E-state index >= 15 is 8.78 Å². The van der Waals surface area contributed by atoms with Crippen LogP contribution in [0.3, 0.4) is 0 Å². The molecule has 1 spiro atoms. The van der Waals surface area contributed by atoms with E-state index in [-0.39, 0.29) is 11.6 Å². The van der Waals surface area contributed by atoms with E-state index in [0.29, 0.717) is 11.4 Å². The van der Waals surface area contributed by atoms with E-state index in [1.807, 2.05) is 84.9 Å². The fourth-order valence-electron chi connectivity index (χ4n) is 10.4. The average Bonchev–Trinajstić information content (AvgIpc) is 3.79. The van der Waals surface area contributed by atoms with Crippen LogP contribution >= 0.6 is 0 Å². The topological polar surface area (TPSA) is 6.48 Å². The molecule has 0 saturated carbocycles. The van der Waals surface area contributed by atoms with Gasteiger partial charge in [-0.15, -0.1) is 0 Å². The Morgan fingerprint density at radius 3 is 1.07 bits per heavy atom. The van der Waals surface area contributed by atoms with Crippen molar-refractivity contribution in [1.82, 2.24) is 0 Å². The molecule has 2 aliphatic rings. The van der Waals surface area contributed by atoms with Gasteiger partial charge in [0.25, 0.3) is 0 Å². The van der Waals surface area contributed by atoms with Gasteiger partial charge >= 0.3 is 0 Å². The van der Waals surface area contributed by atoms with Gasteiger partial charge in [0.2, 0.25) is 0 Å². The van der Waals surface area contributed by atoms with Gasteiger partial charge in [-0.2, -0.15) is 0 Å². The Kier molecular flexibility index (Phi) is 7.85. The van der Waals surface area contributed by atoms with Crippen LogP contribution in [0.15, 0.2) is 218 Å². The Morgan fingerprint density at radius 1 is 0.295 bits per heavy atom. The second-order valence-corrected chi connectivity index (χ2v) is 15.8. The predicted octanol–water partition coefficient (Wildman–Crippen LogP) is 15.6. The molecule has 0 atom stereocenters. The molecule has 2 nitrogen and oxygen atoms in total. The van der Waals surface area contributed by atoms with Crippen LogP contribution in [-0.2, 0) is 5.41 Å². The Morgan fingerprint density at radius 2 is 0.639 bits per heavy atom. The van der Waals surface area contributed by atoms with E-state index in [1.54, 1.807) is 12.1 Å². The zero-order chi connectivity index (χ0) is 40.7. The maximum Gasteiger partial charge on any atom is 0.147 e. The van der Waals surface area contributed by atoms with Gasteiger partial charge in [0.15, 0.2) is 0 Å². The van der Waals surface area contributed by atoms with E-state index in [2.05, 4.69) is 119 Å². The Balaban J connectivity index is 1.28. The van der Waals surface area contributed by atoms with Crippen LogP contribution in [0.4, 0.5) is 42.9 Å². The number of fused-ring (bicyclic) bond motifs is 14. The third-order valence-electron chi connectivity index (χ3n) is 12.8. The highest BCUT2D eigenvalue weighted by molar-refractivity contribution is 6.19. The Hall–Kier alpha value is -7.82. The fourth-order valence-corrected chi connectivity index (χ4v) is 10.4. The largest absolute Gasteiger partial charge is 0.307 e. The van der Waals surface area contributed by atoms with Gasteiger partial charge in [-0.3, -0.25) is 0 Å². The van der Waals surface area contributed by atoms with Crippen molar-refractivity contribution in [3.8, 4) is 22.3 Å². The first-order chi connectivity index (χ1) is 30.1. The first kappa shape index (κ1) is 35.2. The summed E-state index contributed by atoms with van der Waals surface area (Å²) >= 11 is 0. The highest BCUT2D eigenvalue weighted by Gasteiger charge is 2.53. The molecule has 10 aromatic carbocycles. The lowest BCUT2D eigenvalue weighted by atomic mass is 9.70. The summed E-state index contributed by atoms with van der Waals surface area (Å²) in [4.78, 5) is 4.14. The van der Waals surface area contributed by atoms with Crippen LogP contribution in [-0.4, -0.2) is 0 Å². The quantitative estimate of drug-likeness (QED) is 0.166. The molecule has 0 aliphatic heterocycles. The number of nitrogens with zero attached hydrogens (tertiary/aromatic N) is 2. The number of para-hydroxylation sites is 4. The van der Waals surface area contributed by atoms with E-state index < -0.39 is 5.41 Å². The highest BCUT2D eigenvalue weighted by Crippen LogP contribution is 2.67. The van der Waals surface area contributed by atoms with E-state index in [4.69, 9.17) is 0 Å². The molecule has 0 saturated heterocycles. The molecule has 0 N–H and O–H groups in total. The summed E-state index contributed by atoms with van der Waals surface area (Å²) in [6, 6.07) is 73.5. The lowest BCUT2D eigenvalue weighted by molar-refractivity contribution is 0.628. The summed E-state index contributed by atoms with van der Waals surface area (Å²) in [6.45, 7) is 0. The summed E-state index contributed by atoms with van der Waals surface area (Å²) < 4.78 is 32.6. The van der Waals surface area contributed by atoms with Crippen molar-refractivity contribution < 1.29 is 8.78 Å². The molecule has 2 aliphatic carbocycles. The first-order valence-electron chi connectivity index (χ1n) is 20.7. The summed E-state index contributed by atoms with van der Waals surface area (Å²) in [7, 11) is 0. The second-order valence-electron chi connectivity index (χ2n) is 15.8. The molecular weight excluding hydrogens is 751 g/mol. The molecule has 0 heterocycles. The van der Waals surface area contributed by atoms with Gasteiger partial charge in [-0.05, 0) is 116 Å². The van der Waals surface area contributed by atoms with Gasteiger partial charge < -0.3 is 9.80 Å². The maximum atomic E-state index is 16.3. The van der Waals surface area contributed by atoms with Gasteiger partial charge in [0.05, 0.1) is 28.2 Å². The fraction of sp³-hybridized carbons (Fsp3) is 0.0175. The standard InChI is InChI=1S/C57H36F2N2/c58-49-31-15-17-33-51(49)60(37-19-3-1-4-20-37)53-35-47-55(43-27-9-7-25-41(43)53)56-44-28-10-8-26-42(44)54(61(38-21-5-2-6-22-38)52-34-18-16-32-50(52)59)36-48(56)57(47)45-29-13-11-23-39(45)40-24-12-14-30-46(40)57/h1-36H. The lowest BCUT2D eigenvalue weighted by Gasteiger charge is -2.34. The molecule has 4 heteroatoms. The summed E-state index contributed by atoms with van der Waals surface area (Å²) in [5, 5.41) is 4.14. The number of rotatable bonds is 6. The van der Waals surface area contributed by atoms with Crippen molar-refractivity contribution in [3.63, 3.8) is 0 Å². The van der Waals surface area contributed by atoms with Crippen molar-refractivity contribution in [3.05, 3.63) is 252 Å². The van der Waals surface area contributed by atoms with Gasteiger partial charge in [-0.1, -0.05) is 158 Å². The molecule has 12 rings (SSSR count). The normalized spacial score (nSPS) is 12.9. The van der Waals surface area contributed by atoms with Crippen LogP contribution in [0.5, 0.6) is 0 Å². The first-order valence-corrected chi connectivity index (χ1v) is 20.7. The van der Waals surface area contributed by atoms with Crippen molar-refractivity contribution in [2.75, 3.05) is 9.80 Å². The van der Waals surface area contributed by atoms with Crippen molar-refractivity contribution in [1.29, 1.82) is 0 Å². The second kappa shape index (κ2) is 13.6. The highest BCUT2D eigenvalue weighted by atomic mass is 19.1. The summed E-state index contributed by atoms with van der Waals surface area (Å²) in [5.41, 5.74) is 12.8. The number of anilines is 6. The third kappa shape index (κ3) is 5.00. The SMILES string of the molecule is Fc1ccccc1N(c1ccccc1)c1cc2c(c3ccccc13)-c1c(cc(N(c3ccccc3)c3ccccc3F)c3ccccc13)C21c2ccccc2-c2ccccc21. The molecule has 0 unspecified atom stereocenters. The minimum atomic E-state index is -0.801. The van der Waals surface area contributed by atoms with E-state index in [1.165, 1.54) is 34.4 Å². The monoisotopic (exact) mass is 786 g/mol. The molecule has 0 fully saturated rings. The number of benzene rings is 10. The average molecular weight is 787 g/mol. The molecule has 10 aromatic rings. The van der Waals surface area contributed by atoms with Crippen LogP contribution < -0.4 is 9.80 Å². The van der Waals surface area contributed by atoms with Crippen molar-refractivity contribution >= 4 is 55.7 Å². The summed E-state index contributed by atoms with van der Waals surface area (Å²) in [5.74, 6) is -0.620. The molecule has 61 heavy (non-hydrogen) atoms. The van der Waals surface area contributed by atoms with E-state index in [9.17, 15) is 0 Å². The number of hydrogen-bond donors (Lipinski definition) is 0. The zero-order valence-electron chi connectivity index (χ0n) is 32.9. The van der Waals surface area contributed by atoms with Gasteiger partial charge in [-0.25, -0.2) is 8.78 Å². The molecule has 0 aromatic heterocycles. The van der Waals surface area contributed by atoms with E-state index in [0.717, 1.165) is 66.5 Å². The third-order valence-corrected chi connectivity index (χ3v) is 12.8. The predicted molar refractivity (Wildman–Crippen MR) is 247 cm³/mol. The van der Waals surface area contributed by atoms with Crippen LogP contribution in [0.25, 0.3) is 43.8 Å². The Labute approximate surface area is 352 Å². The molecule has 0 radical (unpaired) electrons. The summed E-state index contributed by atoms with van der Waals surface area (Å²) in [6.07, 6.45) is 0.